The number of aliphatic carboxylic acids is 1. The van der Waals surface area contributed by atoms with E-state index in [0.29, 0.717) is 26.3 Å². The average molecular weight is 328 g/mol. The molecular weight excluding hydrogens is 315 g/mol. The predicted octanol–water partition coefficient (Wildman–Crippen LogP) is 1.47. The van der Waals surface area contributed by atoms with E-state index in [1.165, 1.54) is 0 Å². The summed E-state index contributed by atoms with van der Waals surface area (Å²) in [4.78, 5) is 12.6. The maximum Gasteiger partial charge on any atom is 0.436 e. The van der Waals surface area contributed by atoms with Gasteiger partial charge in [-0.3, -0.25) is 14.4 Å². The number of nitrogens with zero attached hydrogens (tertiary/aromatic N) is 3. The number of halogens is 4. The van der Waals surface area contributed by atoms with Gasteiger partial charge in [0.25, 0.3) is 0 Å². The van der Waals surface area contributed by atoms with Gasteiger partial charge < -0.3 is 9.84 Å². The van der Waals surface area contributed by atoms with Gasteiger partial charge >= 0.3 is 12.1 Å². The maximum absolute atomic E-state index is 12.8. The van der Waals surface area contributed by atoms with Crippen LogP contribution in [0.3, 0.4) is 0 Å². The number of morpholine rings is 1. The summed E-state index contributed by atoms with van der Waals surface area (Å²) >= 11 is 5.76. The molecule has 10 heteroatoms. The third-order valence-corrected chi connectivity index (χ3v) is 3.42. The highest BCUT2D eigenvalue weighted by atomic mass is 35.5. The molecule has 1 aromatic heterocycles. The lowest BCUT2D eigenvalue weighted by Gasteiger charge is -2.26. The van der Waals surface area contributed by atoms with E-state index in [-0.39, 0.29) is 12.2 Å². The average Bonchev–Trinajstić information content (AvgIpc) is 2.68. The summed E-state index contributed by atoms with van der Waals surface area (Å²) in [5.41, 5.74) is -1.21. The van der Waals surface area contributed by atoms with Gasteiger partial charge in [0.2, 0.25) is 0 Å². The Morgan fingerprint density at radius 3 is 2.52 bits per heavy atom. The van der Waals surface area contributed by atoms with E-state index in [1.54, 1.807) is 0 Å². The van der Waals surface area contributed by atoms with Crippen LogP contribution >= 0.6 is 11.6 Å². The van der Waals surface area contributed by atoms with Crippen molar-refractivity contribution in [3.8, 4) is 0 Å². The molecule has 6 nitrogen and oxygen atoms in total. The monoisotopic (exact) mass is 327 g/mol. The van der Waals surface area contributed by atoms with Crippen LogP contribution in [0.1, 0.15) is 11.4 Å². The third-order valence-electron chi connectivity index (χ3n) is 3.02. The van der Waals surface area contributed by atoms with Gasteiger partial charge in [0.05, 0.1) is 23.9 Å². The van der Waals surface area contributed by atoms with E-state index in [0.717, 1.165) is 4.68 Å². The summed E-state index contributed by atoms with van der Waals surface area (Å²) in [6.07, 6.45) is -4.72. The molecule has 0 bridgehead atoms. The van der Waals surface area contributed by atoms with E-state index < -0.39 is 29.4 Å². The number of alkyl halides is 3. The van der Waals surface area contributed by atoms with Crippen molar-refractivity contribution in [2.24, 2.45) is 0 Å². The fourth-order valence-corrected chi connectivity index (χ4v) is 2.34. The molecule has 0 saturated carbocycles. The van der Waals surface area contributed by atoms with Crippen LogP contribution in [-0.2, 0) is 28.8 Å². The highest BCUT2D eigenvalue weighted by molar-refractivity contribution is 6.32. The normalized spacial score (nSPS) is 17.1. The highest BCUT2D eigenvalue weighted by Crippen LogP contribution is 2.36. The first-order valence-electron chi connectivity index (χ1n) is 6.13. The van der Waals surface area contributed by atoms with Crippen molar-refractivity contribution in [2.75, 3.05) is 26.3 Å². The smallest absolute Gasteiger partial charge is 0.436 e. The SMILES string of the molecule is O=C(O)Cn1nc(C(F)(F)F)c(Cl)c1CN1CCOCC1. The Morgan fingerprint density at radius 1 is 1.38 bits per heavy atom. The molecule has 0 spiro atoms. The predicted molar refractivity (Wildman–Crippen MR) is 66.0 cm³/mol. The third kappa shape index (κ3) is 3.86. The second-order valence-electron chi connectivity index (χ2n) is 4.55. The van der Waals surface area contributed by atoms with E-state index >= 15 is 0 Å². The van der Waals surface area contributed by atoms with E-state index in [2.05, 4.69) is 5.10 Å². The first-order valence-corrected chi connectivity index (χ1v) is 6.51. The van der Waals surface area contributed by atoms with Crippen molar-refractivity contribution in [3.63, 3.8) is 0 Å². The molecule has 0 unspecified atom stereocenters. The van der Waals surface area contributed by atoms with Crippen LogP contribution in [0.5, 0.6) is 0 Å². The molecule has 2 heterocycles. The second kappa shape index (κ2) is 6.20. The molecular formula is C11H13ClF3N3O3. The molecule has 0 amide bonds. The van der Waals surface area contributed by atoms with Crippen molar-refractivity contribution >= 4 is 17.6 Å². The van der Waals surface area contributed by atoms with Crippen LogP contribution in [-0.4, -0.2) is 52.1 Å². The summed E-state index contributed by atoms with van der Waals surface area (Å²) in [5.74, 6) is -1.29. The minimum atomic E-state index is -4.72. The zero-order chi connectivity index (χ0) is 15.6. The lowest BCUT2D eigenvalue weighted by molar-refractivity contribution is -0.143. The Morgan fingerprint density at radius 2 is 2.00 bits per heavy atom. The lowest BCUT2D eigenvalue weighted by atomic mass is 10.3. The molecule has 2 rings (SSSR count). The Labute approximate surface area is 123 Å². The van der Waals surface area contributed by atoms with Gasteiger partial charge in [-0.1, -0.05) is 11.6 Å². The Kier molecular flexibility index (Phi) is 4.74. The number of rotatable bonds is 4. The molecule has 0 radical (unpaired) electrons. The molecule has 1 saturated heterocycles. The van der Waals surface area contributed by atoms with Gasteiger partial charge in [0.1, 0.15) is 6.54 Å². The van der Waals surface area contributed by atoms with Gasteiger partial charge in [-0.2, -0.15) is 18.3 Å². The molecule has 0 atom stereocenters. The minimum Gasteiger partial charge on any atom is -0.480 e. The van der Waals surface area contributed by atoms with Crippen LogP contribution in [0.25, 0.3) is 0 Å². The van der Waals surface area contributed by atoms with Crippen LogP contribution in [0.15, 0.2) is 0 Å². The number of carbonyl (C=O) groups is 1. The summed E-state index contributed by atoms with van der Waals surface area (Å²) in [5, 5.41) is 11.5. The zero-order valence-electron chi connectivity index (χ0n) is 10.9. The molecule has 0 aromatic carbocycles. The minimum absolute atomic E-state index is 0.0493. The van der Waals surface area contributed by atoms with Crippen LogP contribution in [0.4, 0.5) is 13.2 Å². The fraction of sp³-hybridized carbons (Fsp3) is 0.636. The maximum atomic E-state index is 12.8. The molecule has 1 aliphatic rings. The fourth-order valence-electron chi connectivity index (χ4n) is 2.04. The highest BCUT2D eigenvalue weighted by Gasteiger charge is 2.39. The van der Waals surface area contributed by atoms with Crippen LogP contribution in [0, 0.1) is 0 Å². The molecule has 1 fully saturated rings. The Balaban J connectivity index is 2.31. The number of hydrogen-bond donors (Lipinski definition) is 1. The topological polar surface area (TPSA) is 67.6 Å². The van der Waals surface area contributed by atoms with Crippen LogP contribution < -0.4 is 0 Å². The lowest BCUT2D eigenvalue weighted by Crippen LogP contribution is -2.36. The number of carboxylic acids is 1. The largest absolute Gasteiger partial charge is 0.480 e. The Bertz CT molecular complexity index is 527. The number of carboxylic acid groups (broad SMARTS) is 1. The van der Waals surface area contributed by atoms with E-state index in [1.807, 2.05) is 4.90 Å². The van der Waals surface area contributed by atoms with Crippen LogP contribution in [0.2, 0.25) is 5.02 Å². The van der Waals surface area contributed by atoms with Gasteiger partial charge in [-0.15, -0.1) is 0 Å². The zero-order valence-corrected chi connectivity index (χ0v) is 11.6. The molecule has 1 N–H and O–H groups in total. The van der Waals surface area contributed by atoms with Gasteiger partial charge in [0, 0.05) is 19.6 Å². The number of ether oxygens (including phenoxy) is 1. The van der Waals surface area contributed by atoms with Crippen molar-refractivity contribution in [1.29, 1.82) is 0 Å². The first-order chi connectivity index (χ1) is 9.79. The van der Waals surface area contributed by atoms with Crippen molar-refractivity contribution in [1.82, 2.24) is 14.7 Å². The number of hydrogen-bond acceptors (Lipinski definition) is 4. The summed E-state index contributed by atoms with van der Waals surface area (Å²) in [6, 6.07) is 0. The summed E-state index contributed by atoms with van der Waals surface area (Å²) < 4.78 is 44.4. The van der Waals surface area contributed by atoms with Gasteiger partial charge in [-0.25, -0.2) is 0 Å². The second-order valence-corrected chi connectivity index (χ2v) is 4.92. The van der Waals surface area contributed by atoms with E-state index in [4.69, 9.17) is 21.4 Å². The molecule has 118 valence electrons. The summed E-state index contributed by atoms with van der Waals surface area (Å²) in [6.45, 7) is 1.44. The van der Waals surface area contributed by atoms with Gasteiger partial charge in [-0.05, 0) is 0 Å². The standard InChI is InChI=1S/C11H13ClF3N3O3/c12-9-7(5-17-1-3-21-4-2-17)18(6-8(19)20)16-10(9)11(13,14)15/h1-6H2,(H,19,20). The molecule has 1 aromatic rings. The number of aromatic nitrogens is 2. The van der Waals surface area contributed by atoms with Crippen molar-refractivity contribution in [2.45, 2.75) is 19.3 Å². The van der Waals surface area contributed by atoms with E-state index in [9.17, 15) is 18.0 Å². The first kappa shape index (κ1) is 16.1. The van der Waals surface area contributed by atoms with Crippen molar-refractivity contribution in [3.05, 3.63) is 16.4 Å². The Hall–Kier alpha value is -1.32. The summed E-state index contributed by atoms with van der Waals surface area (Å²) in [7, 11) is 0. The molecule has 0 aliphatic carbocycles. The van der Waals surface area contributed by atoms with Gasteiger partial charge in [0.15, 0.2) is 5.69 Å². The molecule has 21 heavy (non-hydrogen) atoms. The molecule has 1 aliphatic heterocycles. The van der Waals surface area contributed by atoms with Crippen molar-refractivity contribution < 1.29 is 27.8 Å². The quantitative estimate of drug-likeness (QED) is 0.907.